The van der Waals surface area contributed by atoms with Gasteiger partial charge in [-0.2, -0.15) is 0 Å². The molecule has 3 heteroatoms. The molecule has 0 aliphatic carbocycles. The second-order valence-electron chi connectivity index (χ2n) is 1.88. The summed E-state index contributed by atoms with van der Waals surface area (Å²) in [5.74, 6) is -0.576. The summed E-state index contributed by atoms with van der Waals surface area (Å²) in [6.07, 6.45) is 0.410. The summed E-state index contributed by atoms with van der Waals surface area (Å²) >= 11 is 3.53. The molecule has 0 saturated heterocycles. The number of thiol groups is 1. The molecule has 0 aliphatic rings. The number of hydrogen-bond donors (Lipinski definition) is 1. The molecule has 0 bridgehead atoms. The van der Waals surface area contributed by atoms with E-state index in [1.165, 1.54) is 0 Å². The fourth-order valence-corrected chi connectivity index (χ4v) is 0.588. The molecule has 9 heavy (non-hydrogen) atoms. The highest BCUT2D eigenvalue weighted by molar-refractivity contribution is 7.96. The van der Waals surface area contributed by atoms with Gasteiger partial charge in [0.05, 0.1) is 5.92 Å². The van der Waals surface area contributed by atoms with E-state index in [4.69, 9.17) is 0 Å². The SMILES string of the molecule is CCC(=O)C(C)C(=O)S. The van der Waals surface area contributed by atoms with Crippen molar-refractivity contribution >= 4 is 23.5 Å². The Morgan fingerprint density at radius 1 is 1.56 bits per heavy atom. The standard InChI is InChI=1S/C6H10O2S/c1-3-5(7)4(2)6(8)9/h4H,3H2,1-2H3,(H,8,9). The largest absolute Gasteiger partial charge is 0.299 e. The lowest BCUT2D eigenvalue weighted by atomic mass is 10.1. The maximum Gasteiger partial charge on any atom is 0.196 e. The summed E-state index contributed by atoms with van der Waals surface area (Å²) in [5, 5.41) is -0.346. The van der Waals surface area contributed by atoms with Crippen LogP contribution in [0, 0.1) is 5.92 Å². The molecule has 0 aromatic carbocycles. The summed E-state index contributed by atoms with van der Waals surface area (Å²) in [5.41, 5.74) is 0. The summed E-state index contributed by atoms with van der Waals surface area (Å²) in [6, 6.07) is 0. The summed E-state index contributed by atoms with van der Waals surface area (Å²) in [4.78, 5) is 21.1. The molecule has 2 nitrogen and oxygen atoms in total. The molecule has 1 unspecified atom stereocenters. The van der Waals surface area contributed by atoms with Crippen molar-refractivity contribution in [3.8, 4) is 0 Å². The summed E-state index contributed by atoms with van der Waals surface area (Å²) in [6.45, 7) is 3.30. The van der Waals surface area contributed by atoms with Crippen LogP contribution in [0.15, 0.2) is 0 Å². The van der Waals surface area contributed by atoms with Crippen LogP contribution in [0.3, 0.4) is 0 Å². The van der Waals surface area contributed by atoms with Crippen molar-refractivity contribution in [3.05, 3.63) is 0 Å². The Bertz CT molecular complexity index is 131. The van der Waals surface area contributed by atoms with Crippen molar-refractivity contribution in [1.29, 1.82) is 0 Å². The molecule has 1 atom stereocenters. The van der Waals surface area contributed by atoms with Crippen LogP contribution in [0.1, 0.15) is 20.3 Å². The Kier molecular flexibility index (Phi) is 3.54. The van der Waals surface area contributed by atoms with E-state index in [1.54, 1.807) is 13.8 Å². The summed E-state index contributed by atoms with van der Waals surface area (Å²) < 4.78 is 0. The smallest absolute Gasteiger partial charge is 0.196 e. The molecule has 52 valence electrons. The van der Waals surface area contributed by atoms with E-state index in [-0.39, 0.29) is 10.9 Å². The molecule has 0 aromatic rings. The van der Waals surface area contributed by atoms with Crippen molar-refractivity contribution in [2.24, 2.45) is 5.92 Å². The Hall–Kier alpha value is -0.310. The van der Waals surface area contributed by atoms with E-state index in [0.29, 0.717) is 6.42 Å². The Morgan fingerprint density at radius 3 is 2.11 bits per heavy atom. The molecule has 0 spiro atoms. The first-order valence-corrected chi connectivity index (χ1v) is 3.29. The van der Waals surface area contributed by atoms with Crippen LogP contribution in [-0.2, 0) is 9.59 Å². The molecular weight excluding hydrogens is 136 g/mol. The fraction of sp³-hybridized carbons (Fsp3) is 0.667. The van der Waals surface area contributed by atoms with Gasteiger partial charge in [0.1, 0.15) is 5.78 Å². The number of carbonyl (C=O) groups excluding carboxylic acids is 2. The zero-order chi connectivity index (χ0) is 7.44. The van der Waals surface area contributed by atoms with Crippen LogP contribution < -0.4 is 0 Å². The van der Waals surface area contributed by atoms with Crippen molar-refractivity contribution < 1.29 is 9.59 Å². The molecule has 0 fully saturated rings. The zero-order valence-corrected chi connectivity index (χ0v) is 6.44. The maximum atomic E-state index is 10.7. The second-order valence-corrected chi connectivity index (χ2v) is 2.32. The van der Waals surface area contributed by atoms with Gasteiger partial charge in [-0.15, -0.1) is 12.6 Å². The Morgan fingerprint density at radius 2 is 2.00 bits per heavy atom. The highest BCUT2D eigenvalue weighted by Gasteiger charge is 2.15. The monoisotopic (exact) mass is 146 g/mol. The molecule has 0 radical (unpaired) electrons. The molecular formula is C6H10O2S. The van der Waals surface area contributed by atoms with Crippen molar-refractivity contribution in [1.82, 2.24) is 0 Å². The van der Waals surface area contributed by atoms with Crippen molar-refractivity contribution in [2.75, 3.05) is 0 Å². The van der Waals surface area contributed by atoms with E-state index in [0.717, 1.165) is 0 Å². The number of ketones is 1. The van der Waals surface area contributed by atoms with E-state index in [2.05, 4.69) is 12.6 Å². The van der Waals surface area contributed by atoms with Crippen LogP contribution in [0.5, 0.6) is 0 Å². The fourth-order valence-electron chi connectivity index (χ4n) is 0.444. The number of rotatable bonds is 3. The molecule has 0 aliphatic heterocycles. The van der Waals surface area contributed by atoms with Crippen molar-refractivity contribution in [2.45, 2.75) is 20.3 Å². The molecule has 0 amide bonds. The zero-order valence-electron chi connectivity index (χ0n) is 5.55. The van der Waals surface area contributed by atoms with Gasteiger partial charge < -0.3 is 0 Å². The van der Waals surface area contributed by atoms with Gasteiger partial charge in [-0.05, 0) is 6.92 Å². The van der Waals surface area contributed by atoms with Gasteiger partial charge in [0.15, 0.2) is 5.12 Å². The highest BCUT2D eigenvalue weighted by Crippen LogP contribution is 2.03. The predicted octanol–water partition coefficient (Wildman–Crippen LogP) is 1.06. The lowest BCUT2D eigenvalue weighted by Gasteiger charge is -2.00. The third-order valence-corrected chi connectivity index (χ3v) is 1.59. The minimum Gasteiger partial charge on any atom is -0.299 e. The quantitative estimate of drug-likeness (QED) is 0.477. The number of hydrogen-bond acceptors (Lipinski definition) is 2. The second kappa shape index (κ2) is 3.67. The molecule has 0 aromatic heterocycles. The average Bonchev–Trinajstić information content (AvgIpc) is 1.84. The topological polar surface area (TPSA) is 34.1 Å². The first kappa shape index (κ1) is 8.69. The van der Waals surface area contributed by atoms with E-state index in [1.807, 2.05) is 0 Å². The van der Waals surface area contributed by atoms with E-state index < -0.39 is 5.92 Å². The minimum atomic E-state index is -0.529. The molecule has 0 heterocycles. The van der Waals surface area contributed by atoms with E-state index >= 15 is 0 Å². The Labute approximate surface area is 60.0 Å². The van der Waals surface area contributed by atoms with Crippen LogP contribution >= 0.6 is 12.6 Å². The third kappa shape index (κ3) is 2.65. The van der Waals surface area contributed by atoms with Gasteiger partial charge in [0.2, 0.25) is 0 Å². The molecule has 0 rings (SSSR count). The van der Waals surface area contributed by atoms with Crippen molar-refractivity contribution in [3.63, 3.8) is 0 Å². The van der Waals surface area contributed by atoms with Gasteiger partial charge in [-0.1, -0.05) is 6.92 Å². The normalized spacial score (nSPS) is 12.8. The predicted molar refractivity (Wildman–Crippen MR) is 38.5 cm³/mol. The minimum absolute atomic E-state index is 0.0463. The van der Waals surface area contributed by atoms with Crippen LogP contribution in [0.2, 0.25) is 0 Å². The molecule has 0 N–H and O–H groups in total. The number of Topliss-reactive ketones (excluding diaryl/α,β-unsaturated/α-hetero) is 1. The van der Waals surface area contributed by atoms with Gasteiger partial charge in [0, 0.05) is 6.42 Å². The summed E-state index contributed by atoms with van der Waals surface area (Å²) in [7, 11) is 0. The first-order chi connectivity index (χ1) is 4.09. The molecule has 0 saturated carbocycles. The Balaban J connectivity index is 3.88. The lowest BCUT2D eigenvalue weighted by molar-refractivity contribution is -0.127. The third-order valence-electron chi connectivity index (χ3n) is 1.20. The average molecular weight is 146 g/mol. The first-order valence-electron chi connectivity index (χ1n) is 2.85. The van der Waals surface area contributed by atoms with Gasteiger partial charge in [0.25, 0.3) is 0 Å². The van der Waals surface area contributed by atoms with Crippen LogP contribution in [0.4, 0.5) is 0 Å². The van der Waals surface area contributed by atoms with Gasteiger partial charge in [-0.3, -0.25) is 9.59 Å². The van der Waals surface area contributed by atoms with E-state index in [9.17, 15) is 9.59 Å². The lowest BCUT2D eigenvalue weighted by Crippen LogP contribution is -2.15. The number of carbonyl (C=O) groups is 2. The van der Waals surface area contributed by atoms with Gasteiger partial charge in [-0.25, -0.2) is 0 Å². The van der Waals surface area contributed by atoms with Crippen LogP contribution in [-0.4, -0.2) is 10.9 Å². The van der Waals surface area contributed by atoms with Gasteiger partial charge >= 0.3 is 0 Å². The van der Waals surface area contributed by atoms with Crippen LogP contribution in [0.25, 0.3) is 0 Å². The maximum absolute atomic E-state index is 10.7. The highest BCUT2D eigenvalue weighted by atomic mass is 32.1.